The molecular formula is C25H30Cl2N2O5S. The summed E-state index contributed by atoms with van der Waals surface area (Å²) in [6, 6.07) is 9.17. The van der Waals surface area contributed by atoms with Crippen LogP contribution in [0.1, 0.15) is 33.0 Å². The lowest BCUT2D eigenvalue weighted by Gasteiger charge is -2.26. The maximum absolute atomic E-state index is 12.4. The van der Waals surface area contributed by atoms with Crippen molar-refractivity contribution in [1.82, 2.24) is 9.80 Å². The van der Waals surface area contributed by atoms with Crippen molar-refractivity contribution in [2.45, 2.75) is 31.9 Å². The topological polar surface area (TPSA) is 68.3 Å². The van der Waals surface area contributed by atoms with E-state index in [0.29, 0.717) is 54.1 Å². The van der Waals surface area contributed by atoms with Gasteiger partial charge in [0, 0.05) is 47.5 Å². The zero-order chi connectivity index (χ0) is 24.6. The van der Waals surface area contributed by atoms with E-state index in [1.54, 1.807) is 12.1 Å². The fourth-order valence-electron chi connectivity index (χ4n) is 4.30. The van der Waals surface area contributed by atoms with Crippen LogP contribution in [0, 0.1) is 0 Å². The van der Waals surface area contributed by atoms with Gasteiger partial charge in [0.05, 0.1) is 32.5 Å². The molecule has 2 aromatic rings. The van der Waals surface area contributed by atoms with Gasteiger partial charge < -0.3 is 19.1 Å². The molecule has 0 radical (unpaired) electrons. The Morgan fingerprint density at radius 2 is 1.89 bits per heavy atom. The van der Waals surface area contributed by atoms with Crippen LogP contribution in [-0.2, 0) is 32.0 Å². The number of morpholine rings is 1. The van der Waals surface area contributed by atoms with Gasteiger partial charge in [-0.25, -0.2) is 4.79 Å². The number of amides is 1. The van der Waals surface area contributed by atoms with Crippen LogP contribution in [0.25, 0.3) is 0 Å². The Kier molecular flexibility index (Phi) is 9.83. The van der Waals surface area contributed by atoms with Crippen LogP contribution in [0.5, 0.6) is 0 Å². The second-order valence-corrected chi connectivity index (χ2v) is 10.7. The molecule has 0 spiro atoms. The highest BCUT2D eigenvalue weighted by Crippen LogP contribution is 2.24. The number of thiophene rings is 1. The number of hydrogen-bond acceptors (Lipinski definition) is 7. The van der Waals surface area contributed by atoms with Crippen LogP contribution in [0.2, 0.25) is 10.0 Å². The van der Waals surface area contributed by atoms with Gasteiger partial charge in [-0.05, 0) is 48.7 Å². The number of esters is 1. The number of ether oxygens (including phenoxy) is 3. The molecule has 1 amide bonds. The molecule has 2 aliphatic heterocycles. The smallest absolute Gasteiger partial charge is 0.348 e. The molecule has 0 saturated carbocycles. The van der Waals surface area contributed by atoms with E-state index < -0.39 is 0 Å². The molecule has 0 unspecified atom stereocenters. The number of nitrogens with zero attached hydrogens (tertiary/aromatic N) is 2. The number of likely N-dealkylation sites (tertiary alicyclic amines) is 1. The molecule has 0 bridgehead atoms. The van der Waals surface area contributed by atoms with Gasteiger partial charge in [-0.3, -0.25) is 9.69 Å². The molecule has 10 heteroatoms. The summed E-state index contributed by atoms with van der Waals surface area (Å²) >= 11 is 13.6. The Labute approximate surface area is 219 Å². The quantitative estimate of drug-likeness (QED) is 0.396. The van der Waals surface area contributed by atoms with Crippen molar-refractivity contribution in [3.63, 3.8) is 0 Å². The lowest BCUT2D eigenvalue weighted by Crippen LogP contribution is -2.38. The minimum atomic E-state index is -0.303. The van der Waals surface area contributed by atoms with Gasteiger partial charge in [0.1, 0.15) is 11.5 Å². The van der Waals surface area contributed by atoms with Crippen LogP contribution in [0.3, 0.4) is 0 Å². The maximum atomic E-state index is 12.4. The Balaban J connectivity index is 1.19. The average Bonchev–Trinajstić information content (AvgIpc) is 3.45. The summed E-state index contributed by atoms with van der Waals surface area (Å²) < 4.78 is 16.7. The molecule has 1 aromatic carbocycles. The SMILES string of the molecule is O=C(OCCN1CCOCC1)c1ccc(COC[C@H]2CCC(=O)N2CCc2cc(Cl)cc(Cl)c2)s1. The Morgan fingerprint density at radius 3 is 2.66 bits per heavy atom. The second kappa shape index (κ2) is 13.0. The summed E-state index contributed by atoms with van der Waals surface area (Å²) in [5, 5.41) is 1.19. The first kappa shape index (κ1) is 26.4. The van der Waals surface area contributed by atoms with Gasteiger partial charge >= 0.3 is 5.97 Å². The third-order valence-electron chi connectivity index (χ3n) is 6.18. The van der Waals surface area contributed by atoms with Gasteiger partial charge in [-0.2, -0.15) is 0 Å². The van der Waals surface area contributed by atoms with Crippen molar-refractivity contribution >= 4 is 46.4 Å². The molecule has 2 fully saturated rings. The number of benzene rings is 1. The molecule has 2 aliphatic rings. The van der Waals surface area contributed by atoms with Crippen LogP contribution in [0.4, 0.5) is 0 Å². The van der Waals surface area contributed by atoms with Crippen molar-refractivity contribution in [3.05, 3.63) is 55.7 Å². The third kappa shape index (κ3) is 7.90. The highest BCUT2D eigenvalue weighted by atomic mass is 35.5. The van der Waals surface area contributed by atoms with Crippen molar-refractivity contribution in [1.29, 1.82) is 0 Å². The normalized spacial score (nSPS) is 18.9. The van der Waals surface area contributed by atoms with Crippen LogP contribution in [-0.4, -0.2) is 80.3 Å². The lowest BCUT2D eigenvalue weighted by atomic mass is 10.1. The molecule has 4 rings (SSSR count). The van der Waals surface area contributed by atoms with Gasteiger partial charge in [0.25, 0.3) is 0 Å². The van der Waals surface area contributed by atoms with Gasteiger partial charge in [0.2, 0.25) is 5.91 Å². The standard InChI is InChI=1S/C25H30Cl2N2O5S/c26-19-13-18(14-20(27)15-19)5-6-29-21(1-4-24(29)30)16-33-17-22-2-3-23(35-22)25(31)34-12-9-28-7-10-32-11-8-28/h2-3,13-15,21H,1,4-12,16-17H2/t21-/m1/s1. The highest BCUT2D eigenvalue weighted by molar-refractivity contribution is 7.13. The summed E-state index contributed by atoms with van der Waals surface area (Å²) in [6.45, 7) is 5.74. The molecular weight excluding hydrogens is 511 g/mol. The predicted molar refractivity (Wildman–Crippen MR) is 136 cm³/mol. The Hall–Kier alpha value is -1.68. The van der Waals surface area contributed by atoms with E-state index in [1.165, 1.54) is 11.3 Å². The monoisotopic (exact) mass is 540 g/mol. The number of hydrogen-bond donors (Lipinski definition) is 0. The first-order chi connectivity index (χ1) is 17.0. The molecule has 3 heterocycles. The maximum Gasteiger partial charge on any atom is 0.348 e. The molecule has 1 atom stereocenters. The molecule has 0 aliphatic carbocycles. The van der Waals surface area contributed by atoms with Crippen molar-refractivity contribution in [2.75, 3.05) is 52.6 Å². The van der Waals surface area contributed by atoms with E-state index in [1.807, 2.05) is 23.1 Å². The Bertz CT molecular complexity index is 991. The molecule has 7 nitrogen and oxygen atoms in total. The summed E-state index contributed by atoms with van der Waals surface area (Å²) in [7, 11) is 0. The Morgan fingerprint density at radius 1 is 1.11 bits per heavy atom. The largest absolute Gasteiger partial charge is 0.460 e. The molecule has 0 N–H and O–H groups in total. The van der Waals surface area contributed by atoms with Crippen LogP contribution < -0.4 is 0 Å². The minimum absolute atomic E-state index is 0.0433. The van der Waals surface area contributed by atoms with Crippen LogP contribution in [0.15, 0.2) is 30.3 Å². The third-order valence-corrected chi connectivity index (χ3v) is 7.65. The number of carbonyl (C=O) groups excluding carboxylic acids is 2. The lowest BCUT2D eigenvalue weighted by molar-refractivity contribution is -0.129. The number of carbonyl (C=O) groups is 2. The zero-order valence-electron chi connectivity index (χ0n) is 19.5. The van der Waals surface area contributed by atoms with Crippen molar-refractivity contribution in [2.24, 2.45) is 0 Å². The van der Waals surface area contributed by atoms with Gasteiger partial charge in [-0.1, -0.05) is 23.2 Å². The molecule has 2 saturated heterocycles. The van der Waals surface area contributed by atoms with E-state index in [0.717, 1.165) is 49.7 Å². The van der Waals surface area contributed by atoms with Crippen molar-refractivity contribution < 1.29 is 23.8 Å². The predicted octanol–water partition coefficient (Wildman–Crippen LogP) is 4.29. The molecule has 35 heavy (non-hydrogen) atoms. The van der Waals surface area contributed by atoms with Crippen molar-refractivity contribution in [3.8, 4) is 0 Å². The highest BCUT2D eigenvalue weighted by Gasteiger charge is 2.30. The summed E-state index contributed by atoms with van der Waals surface area (Å²) in [4.78, 5) is 30.4. The number of halogens is 2. The molecule has 190 valence electrons. The average molecular weight is 541 g/mol. The minimum Gasteiger partial charge on any atom is -0.460 e. The fraction of sp³-hybridized carbons (Fsp3) is 0.520. The van der Waals surface area contributed by atoms with Gasteiger partial charge in [-0.15, -0.1) is 11.3 Å². The fourth-order valence-corrected chi connectivity index (χ4v) is 5.71. The first-order valence-electron chi connectivity index (χ1n) is 11.9. The van der Waals surface area contributed by atoms with E-state index in [-0.39, 0.29) is 17.9 Å². The summed E-state index contributed by atoms with van der Waals surface area (Å²) in [5.41, 5.74) is 1.00. The first-order valence-corrected chi connectivity index (χ1v) is 13.4. The zero-order valence-corrected chi connectivity index (χ0v) is 21.9. The van der Waals surface area contributed by atoms with E-state index in [4.69, 9.17) is 37.4 Å². The molecule has 1 aromatic heterocycles. The number of rotatable bonds is 11. The van der Waals surface area contributed by atoms with E-state index in [2.05, 4.69) is 4.90 Å². The summed E-state index contributed by atoms with van der Waals surface area (Å²) in [5.74, 6) is -0.159. The van der Waals surface area contributed by atoms with E-state index >= 15 is 0 Å². The van der Waals surface area contributed by atoms with Gasteiger partial charge in [0.15, 0.2) is 0 Å². The van der Waals surface area contributed by atoms with Crippen LogP contribution >= 0.6 is 34.5 Å². The van der Waals surface area contributed by atoms with E-state index in [9.17, 15) is 9.59 Å². The second-order valence-electron chi connectivity index (χ2n) is 8.68. The summed E-state index contributed by atoms with van der Waals surface area (Å²) in [6.07, 6.45) is 1.99.